The highest BCUT2D eigenvalue weighted by molar-refractivity contribution is 6.18. The van der Waals surface area contributed by atoms with Crippen LogP contribution in [0.4, 0.5) is 5.82 Å². The maximum Gasteiger partial charge on any atom is 0.280 e. The van der Waals surface area contributed by atoms with Crippen LogP contribution < -0.4 is 4.90 Å². The molecular weight excluding hydrogens is 350 g/mol. The van der Waals surface area contributed by atoms with E-state index in [-0.39, 0.29) is 18.0 Å². The Bertz CT molecular complexity index is 1130. The summed E-state index contributed by atoms with van der Waals surface area (Å²) in [5.74, 6) is 1.40. The molecule has 0 saturated heterocycles. The molecule has 0 fully saturated rings. The van der Waals surface area contributed by atoms with E-state index in [1.165, 1.54) is 11.1 Å². The van der Waals surface area contributed by atoms with Gasteiger partial charge >= 0.3 is 0 Å². The van der Waals surface area contributed by atoms with E-state index in [2.05, 4.69) is 46.3 Å². The molecule has 1 aliphatic carbocycles. The number of hydrogen-bond donors (Lipinski definition) is 0. The second-order valence-corrected chi connectivity index (χ2v) is 7.61. The van der Waals surface area contributed by atoms with Crippen LogP contribution in [0.1, 0.15) is 33.2 Å². The van der Waals surface area contributed by atoms with Crippen LogP contribution in [0.2, 0.25) is 0 Å². The van der Waals surface area contributed by atoms with E-state index in [9.17, 15) is 4.79 Å². The van der Waals surface area contributed by atoms with Crippen molar-refractivity contribution in [2.45, 2.75) is 25.0 Å². The minimum absolute atomic E-state index is 0.0494. The Balaban J connectivity index is 1.45. The van der Waals surface area contributed by atoms with Gasteiger partial charge in [-0.1, -0.05) is 54.6 Å². The van der Waals surface area contributed by atoms with Gasteiger partial charge in [-0.25, -0.2) is 9.98 Å². The Morgan fingerprint density at radius 1 is 1.07 bits per heavy atom. The Kier molecular flexibility index (Phi) is 3.10. The summed E-state index contributed by atoms with van der Waals surface area (Å²) in [6, 6.07) is 18.9. The number of hydrogen-bond acceptors (Lipinski definition) is 4. The molecule has 3 aliphatic rings. The summed E-state index contributed by atoms with van der Waals surface area (Å²) < 4.78 is 1.95. The van der Waals surface area contributed by atoms with Crippen LogP contribution in [-0.2, 0) is 13.0 Å². The van der Waals surface area contributed by atoms with Crippen molar-refractivity contribution < 1.29 is 4.79 Å². The monoisotopic (exact) mass is 369 g/mol. The predicted octanol–water partition coefficient (Wildman–Crippen LogP) is 2.86. The fourth-order valence-electron chi connectivity index (χ4n) is 4.69. The SMILES string of the molecule is CN1C(=O)c2c(ncn2Cc2ccccc2)N2C1=N[C@@H]1c3ccccc3C[C@@H]12. The van der Waals surface area contributed by atoms with Crippen LogP contribution in [0.5, 0.6) is 0 Å². The van der Waals surface area contributed by atoms with Crippen molar-refractivity contribution in [1.82, 2.24) is 14.5 Å². The number of imidazole rings is 1. The van der Waals surface area contributed by atoms with Crippen molar-refractivity contribution in [1.29, 1.82) is 0 Å². The lowest BCUT2D eigenvalue weighted by molar-refractivity contribution is 0.0855. The fourth-order valence-corrected chi connectivity index (χ4v) is 4.69. The molecule has 0 bridgehead atoms. The van der Waals surface area contributed by atoms with Gasteiger partial charge in [0.25, 0.3) is 5.91 Å². The molecule has 0 radical (unpaired) electrons. The van der Waals surface area contributed by atoms with Crippen LogP contribution in [0.15, 0.2) is 65.9 Å². The Labute approximate surface area is 162 Å². The molecule has 1 amide bonds. The van der Waals surface area contributed by atoms with E-state index in [1.807, 2.05) is 29.8 Å². The molecule has 6 heteroatoms. The quantitative estimate of drug-likeness (QED) is 0.698. The zero-order valence-electron chi connectivity index (χ0n) is 15.5. The van der Waals surface area contributed by atoms with Gasteiger partial charge in [0.2, 0.25) is 5.96 Å². The lowest BCUT2D eigenvalue weighted by Gasteiger charge is -2.34. The van der Waals surface area contributed by atoms with Crippen molar-refractivity contribution in [3.05, 3.63) is 83.3 Å². The van der Waals surface area contributed by atoms with E-state index in [4.69, 9.17) is 4.99 Å². The molecule has 138 valence electrons. The number of fused-ring (bicyclic) bond motifs is 7. The smallest absolute Gasteiger partial charge is 0.280 e. The number of guanidine groups is 1. The highest BCUT2D eigenvalue weighted by Crippen LogP contribution is 2.45. The van der Waals surface area contributed by atoms with Crippen molar-refractivity contribution >= 4 is 17.7 Å². The van der Waals surface area contributed by atoms with Crippen LogP contribution in [0.25, 0.3) is 0 Å². The number of carbonyl (C=O) groups is 1. The molecule has 3 aromatic rings. The third-order valence-electron chi connectivity index (χ3n) is 6.02. The van der Waals surface area contributed by atoms with Gasteiger partial charge in [0.05, 0.1) is 12.4 Å². The van der Waals surface area contributed by atoms with Gasteiger partial charge in [-0.2, -0.15) is 0 Å². The molecule has 6 nitrogen and oxygen atoms in total. The standard InChI is InChI=1S/C22H19N5O/c1-25-21(28)19-20(23-13-26(19)12-14-7-3-2-4-8-14)27-17-11-15-9-5-6-10-16(15)18(17)24-22(25)27/h2-10,13,17-18H,11-12H2,1H3/t17-,18+/m0/s1. The first-order valence-corrected chi connectivity index (χ1v) is 9.54. The molecule has 0 N–H and O–H groups in total. The van der Waals surface area contributed by atoms with Gasteiger partial charge in [0.15, 0.2) is 11.5 Å². The molecule has 2 aliphatic heterocycles. The molecule has 2 atom stereocenters. The van der Waals surface area contributed by atoms with Gasteiger partial charge in [-0.05, 0) is 23.1 Å². The number of aromatic nitrogens is 2. The zero-order valence-corrected chi connectivity index (χ0v) is 15.5. The second-order valence-electron chi connectivity index (χ2n) is 7.61. The Morgan fingerprint density at radius 3 is 2.71 bits per heavy atom. The van der Waals surface area contributed by atoms with Crippen molar-refractivity contribution in [3.8, 4) is 0 Å². The number of amides is 1. The Hall–Kier alpha value is -3.41. The zero-order chi connectivity index (χ0) is 18.8. The van der Waals surface area contributed by atoms with Crippen molar-refractivity contribution in [3.63, 3.8) is 0 Å². The second kappa shape index (κ2) is 5.55. The molecule has 2 aromatic carbocycles. The largest absolute Gasteiger partial charge is 0.320 e. The summed E-state index contributed by atoms with van der Waals surface area (Å²) in [6.07, 6.45) is 2.70. The molecule has 28 heavy (non-hydrogen) atoms. The number of aliphatic imine (C=N–C) groups is 1. The molecule has 0 unspecified atom stereocenters. The topological polar surface area (TPSA) is 53.7 Å². The third-order valence-corrected chi connectivity index (χ3v) is 6.02. The van der Waals surface area contributed by atoms with E-state index in [0.717, 1.165) is 17.8 Å². The van der Waals surface area contributed by atoms with Gasteiger partial charge in [-0.15, -0.1) is 0 Å². The first-order valence-electron chi connectivity index (χ1n) is 9.54. The summed E-state index contributed by atoms with van der Waals surface area (Å²) in [7, 11) is 1.81. The van der Waals surface area contributed by atoms with Gasteiger partial charge in [-0.3, -0.25) is 14.6 Å². The summed E-state index contributed by atoms with van der Waals surface area (Å²) in [4.78, 5) is 26.6. The van der Waals surface area contributed by atoms with Gasteiger partial charge < -0.3 is 4.57 Å². The minimum Gasteiger partial charge on any atom is -0.320 e. The molecule has 3 heterocycles. The Morgan fingerprint density at radius 2 is 1.86 bits per heavy atom. The maximum absolute atomic E-state index is 13.2. The predicted molar refractivity (Wildman–Crippen MR) is 106 cm³/mol. The van der Waals surface area contributed by atoms with E-state index in [0.29, 0.717) is 18.2 Å². The van der Waals surface area contributed by atoms with Crippen LogP contribution in [0.3, 0.4) is 0 Å². The minimum atomic E-state index is -0.0494. The van der Waals surface area contributed by atoms with E-state index < -0.39 is 0 Å². The van der Waals surface area contributed by atoms with Crippen LogP contribution in [-0.4, -0.2) is 39.4 Å². The summed E-state index contributed by atoms with van der Waals surface area (Å²) in [5.41, 5.74) is 4.39. The number of carbonyl (C=O) groups excluding carboxylic acids is 1. The number of benzene rings is 2. The maximum atomic E-state index is 13.2. The first-order chi connectivity index (χ1) is 13.7. The third kappa shape index (κ3) is 2.00. The summed E-state index contributed by atoms with van der Waals surface area (Å²) in [5, 5.41) is 0. The molecule has 1 aromatic heterocycles. The highest BCUT2D eigenvalue weighted by Gasteiger charge is 2.50. The average molecular weight is 369 g/mol. The lowest BCUT2D eigenvalue weighted by Crippen LogP contribution is -2.52. The molecule has 6 rings (SSSR count). The van der Waals surface area contributed by atoms with Gasteiger partial charge in [0, 0.05) is 13.6 Å². The van der Waals surface area contributed by atoms with Crippen LogP contribution in [0, 0.1) is 0 Å². The molecule has 0 spiro atoms. The van der Waals surface area contributed by atoms with Crippen molar-refractivity contribution in [2.24, 2.45) is 4.99 Å². The van der Waals surface area contributed by atoms with Gasteiger partial charge in [0.1, 0.15) is 6.04 Å². The number of rotatable bonds is 2. The lowest BCUT2D eigenvalue weighted by atomic mass is 10.1. The van der Waals surface area contributed by atoms with Crippen LogP contribution >= 0.6 is 0 Å². The normalized spacial score (nSPS) is 21.9. The summed E-state index contributed by atoms with van der Waals surface area (Å²) in [6.45, 7) is 0.622. The molecular formula is C22H19N5O. The van der Waals surface area contributed by atoms with E-state index in [1.54, 1.807) is 11.2 Å². The van der Waals surface area contributed by atoms with E-state index >= 15 is 0 Å². The summed E-state index contributed by atoms with van der Waals surface area (Å²) >= 11 is 0. The number of anilines is 1. The first kappa shape index (κ1) is 15.6. The molecule has 0 saturated carbocycles. The fraction of sp³-hybridized carbons (Fsp3) is 0.227. The number of nitrogens with zero attached hydrogens (tertiary/aromatic N) is 5. The highest BCUT2D eigenvalue weighted by atomic mass is 16.2. The average Bonchev–Trinajstić information content (AvgIpc) is 3.39. The van der Waals surface area contributed by atoms with Crippen molar-refractivity contribution in [2.75, 3.05) is 11.9 Å².